The summed E-state index contributed by atoms with van der Waals surface area (Å²) < 4.78 is 32.8. The Labute approximate surface area is 139 Å². The molecule has 0 saturated carbocycles. The molecule has 1 saturated heterocycles. The minimum atomic E-state index is -3.45. The molecule has 0 radical (unpaired) electrons. The normalized spacial score (nSPS) is 16.9. The molecule has 1 aliphatic heterocycles. The Morgan fingerprint density at radius 1 is 1.46 bits per heavy atom. The predicted molar refractivity (Wildman–Crippen MR) is 88.2 cm³/mol. The van der Waals surface area contributed by atoms with E-state index in [-0.39, 0.29) is 18.1 Å². The van der Waals surface area contributed by atoms with E-state index in [0.29, 0.717) is 30.2 Å². The molecule has 1 N–H and O–H groups in total. The number of hydrogen-bond acceptors (Lipinski definition) is 7. The molecule has 0 spiro atoms. The molecule has 3 rings (SSSR count). The molecule has 1 fully saturated rings. The van der Waals surface area contributed by atoms with Crippen LogP contribution in [0.2, 0.25) is 0 Å². The van der Waals surface area contributed by atoms with Gasteiger partial charge in [0.05, 0.1) is 25.4 Å². The van der Waals surface area contributed by atoms with Crippen LogP contribution >= 0.6 is 0 Å². The molecule has 0 unspecified atom stereocenters. The van der Waals surface area contributed by atoms with E-state index >= 15 is 0 Å². The van der Waals surface area contributed by atoms with Gasteiger partial charge in [-0.05, 0) is 24.6 Å². The van der Waals surface area contributed by atoms with Gasteiger partial charge in [0.15, 0.2) is 5.58 Å². The quantitative estimate of drug-likeness (QED) is 0.806. The largest absolute Gasteiger partial charge is 0.423 e. The summed E-state index contributed by atoms with van der Waals surface area (Å²) in [5.74, 6) is -0.0987. The smallest absolute Gasteiger partial charge is 0.298 e. The van der Waals surface area contributed by atoms with Gasteiger partial charge in [0.1, 0.15) is 11.6 Å². The lowest BCUT2D eigenvalue weighted by atomic mass is 10.1. The van der Waals surface area contributed by atoms with E-state index in [0.717, 1.165) is 11.8 Å². The maximum Gasteiger partial charge on any atom is 0.298 e. The maximum absolute atomic E-state index is 11.2. The zero-order valence-corrected chi connectivity index (χ0v) is 14.5. The fourth-order valence-electron chi connectivity index (χ4n) is 2.62. The monoisotopic (exact) mass is 353 g/mol. The minimum Gasteiger partial charge on any atom is -0.423 e. The molecule has 1 atom stereocenters. The third-order valence-electron chi connectivity index (χ3n) is 3.75. The van der Waals surface area contributed by atoms with Gasteiger partial charge < -0.3 is 14.6 Å². The summed E-state index contributed by atoms with van der Waals surface area (Å²) in [6.07, 6.45) is 0.665. The number of hydrogen-bond donors (Lipinski definition) is 1. The van der Waals surface area contributed by atoms with Crippen LogP contribution in [-0.2, 0) is 19.1 Å². The van der Waals surface area contributed by atoms with Crippen LogP contribution in [0.1, 0.15) is 25.5 Å². The Morgan fingerprint density at radius 3 is 2.79 bits per heavy atom. The Hall–Kier alpha value is -2.13. The van der Waals surface area contributed by atoms with Crippen molar-refractivity contribution in [1.82, 2.24) is 10.3 Å². The van der Waals surface area contributed by atoms with E-state index in [9.17, 15) is 13.2 Å². The van der Waals surface area contributed by atoms with E-state index in [4.69, 9.17) is 8.60 Å². The average molecular weight is 353 g/mol. The number of amides is 1. The highest BCUT2D eigenvalue weighted by atomic mass is 32.2. The fourth-order valence-corrected chi connectivity index (χ4v) is 3.24. The van der Waals surface area contributed by atoms with Crippen LogP contribution in [0.15, 0.2) is 22.6 Å². The molecule has 130 valence electrons. The average Bonchev–Trinajstić information content (AvgIpc) is 2.82. The van der Waals surface area contributed by atoms with E-state index in [1.54, 1.807) is 0 Å². The number of nitrogens with zero attached hydrogens (tertiary/aromatic N) is 2. The first kappa shape index (κ1) is 16.7. The van der Waals surface area contributed by atoms with Gasteiger partial charge in [0.2, 0.25) is 5.91 Å². The lowest BCUT2D eigenvalue weighted by molar-refractivity contribution is -0.119. The molecule has 1 amide bonds. The van der Waals surface area contributed by atoms with Gasteiger partial charge in [-0.3, -0.25) is 8.98 Å². The number of anilines is 1. The van der Waals surface area contributed by atoms with Gasteiger partial charge >= 0.3 is 0 Å². The molecule has 8 nitrogen and oxygen atoms in total. The van der Waals surface area contributed by atoms with E-state index in [1.165, 1.54) is 6.92 Å². The van der Waals surface area contributed by atoms with Crippen LogP contribution < -0.4 is 10.2 Å². The number of benzene rings is 1. The number of carbonyl (C=O) groups excluding carboxylic acids is 1. The third kappa shape index (κ3) is 3.68. The molecule has 2 aromatic rings. The van der Waals surface area contributed by atoms with Gasteiger partial charge in [-0.25, -0.2) is 0 Å². The van der Waals surface area contributed by atoms with Crippen molar-refractivity contribution in [3.63, 3.8) is 0 Å². The Morgan fingerprint density at radius 2 is 2.17 bits per heavy atom. The second kappa shape index (κ2) is 6.06. The zero-order valence-electron chi connectivity index (χ0n) is 13.6. The first-order chi connectivity index (χ1) is 11.2. The van der Waals surface area contributed by atoms with Crippen molar-refractivity contribution in [2.75, 3.05) is 24.2 Å². The Balaban J connectivity index is 1.72. The highest BCUT2D eigenvalue weighted by Crippen LogP contribution is 2.28. The van der Waals surface area contributed by atoms with Crippen molar-refractivity contribution in [2.24, 2.45) is 0 Å². The Bertz CT molecular complexity index is 870. The number of fused-ring (bicyclic) bond motifs is 1. The summed E-state index contributed by atoms with van der Waals surface area (Å²) >= 11 is 0. The van der Waals surface area contributed by atoms with Gasteiger partial charge in [-0.1, -0.05) is 6.07 Å². The van der Waals surface area contributed by atoms with Crippen molar-refractivity contribution < 1.29 is 21.8 Å². The van der Waals surface area contributed by atoms with Crippen molar-refractivity contribution in [1.29, 1.82) is 0 Å². The lowest BCUT2D eigenvalue weighted by Gasteiger charge is -2.36. The van der Waals surface area contributed by atoms with E-state index in [1.807, 2.05) is 30.0 Å². The molecule has 1 aromatic heterocycles. The number of carbonyl (C=O) groups is 1. The highest BCUT2D eigenvalue weighted by Gasteiger charge is 2.33. The second-order valence-electron chi connectivity index (χ2n) is 5.97. The summed E-state index contributed by atoms with van der Waals surface area (Å²) in [5, 5.41) is 2.82. The minimum absolute atomic E-state index is 0.0987. The molecule has 0 aliphatic carbocycles. The van der Waals surface area contributed by atoms with E-state index < -0.39 is 10.1 Å². The second-order valence-corrected chi connectivity index (χ2v) is 7.57. The topological polar surface area (TPSA) is 102 Å². The zero-order chi connectivity index (χ0) is 17.5. The summed E-state index contributed by atoms with van der Waals surface area (Å²) in [6.45, 7) is 4.19. The highest BCUT2D eigenvalue weighted by molar-refractivity contribution is 7.86. The van der Waals surface area contributed by atoms with Crippen LogP contribution in [0.3, 0.4) is 0 Å². The van der Waals surface area contributed by atoms with Crippen LogP contribution in [0.4, 0.5) is 6.01 Å². The van der Waals surface area contributed by atoms with Gasteiger partial charge in [0, 0.05) is 6.92 Å². The summed E-state index contributed by atoms with van der Waals surface area (Å²) in [5.41, 5.74) is 2.24. The molecule has 9 heteroatoms. The van der Waals surface area contributed by atoms with Crippen molar-refractivity contribution in [3.05, 3.63) is 23.8 Å². The molecule has 1 aromatic carbocycles. The SMILES string of the molecule is CC(=O)N[C@@H](C)c1ccc2nc(N3CC(OS(C)(=O)=O)C3)oc2c1. The number of oxazole rings is 1. The molecule has 2 heterocycles. The summed E-state index contributed by atoms with van der Waals surface area (Å²) in [4.78, 5) is 17.4. The number of nitrogens with one attached hydrogen (secondary N) is 1. The van der Waals surface area contributed by atoms with Crippen molar-refractivity contribution in [3.8, 4) is 0 Å². The van der Waals surface area contributed by atoms with E-state index in [2.05, 4.69) is 10.3 Å². The first-order valence-electron chi connectivity index (χ1n) is 7.52. The van der Waals surface area contributed by atoms with Crippen LogP contribution in [-0.4, -0.2) is 44.8 Å². The van der Waals surface area contributed by atoms with Crippen LogP contribution in [0.25, 0.3) is 11.1 Å². The standard InChI is InChI=1S/C15H19N3O5S/c1-9(16-10(2)19)11-4-5-13-14(6-11)22-15(17-13)18-7-12(8-18)23-24(3,20)21/h4-6,9,12H,7-8H2,1-3H3,(H,16,19)/t9-/m0/s1. The lowest BCUT2D eigenvalue weighted by Crippen LogP contribution is -2.53. The summed E-state index contributed by atoms with van der Waals surface area (Å²) in [6, 6.07) is 5.87. The van der Waals surface area contributed by atoms with Crippen LogP contribution in [0, 0.1) is 0 Å². The molecular formula is C15H19N3O5S. The number of aromatic nitrogens is 1. The summed E-state index contributed by atoms with van der Waals surface area (Å²) in [7, 11) is -3.45. The van der Waals surface area contributed by atoms with Gasteiger partial charge in [0.25, 0.3) is 16.1 Å². The van der Waals surface area contributed by atoms with Crippen molar-refractivity contribution in [2.45, 2.75) is 26.0 Å². The predicted octanol–water partition coefficient (Wildman–Crippen LogP) is 1.19. The molecule has 0 bridgehead atoms. The third-order valence-corrected chi connectivity index (χ3v) is 4.37. The molecule has 24 heavy (non-hydrogen) atoms. The molecule has 1 aliphatic rings. The molecular weight excluding hydrogens is 334 g/mol. The van der Waals surface area contributed by atoms with Crippen molar-refractivity contribution >= 4 is 33.1 Å². The maximum atomic E-state index is 11.2. The van der Waals surface area contributed by atoms with Gasteiger partial charge in [-0.2, -0.15) is 13.4 Å². The van der Waals surface area contributed by atoms with Gasteiger partial charge in [-0.15, -0.1) is 0 Å². The Kier molecular flexibility index (Phi) is 4.22. The fraction of sp³-hybridized carbons (Fsp3) is 0.467. The number of rotatable bonds is 5. The van der Waals surface area contributed by atoms with Crippen LogP contribution in [0.5, 0.6) is 0 Å². The first-order valence-corrected chi connectivity index (χ1v) is 9.34.